The van der Waals surface area contributed by atoms with Gasteiger partial charge in [0.05, 0.1) is 6.04 Å². The molecule has 3 rings (SSSR count). The minimum absolute atomic E-state index is 0.231. The van der Waals surface area contributed by atoms with Crippen LogP contribution in [-0.4, -0.2) is 55.4 Å². The zero-order valence-corrected chi connectivity index (χ0v) is 17.5. The lowest BCUT2D eigenvalue weighted by atomic mass is 9.83. The molecule has 4 N–H and O–H groups in total. The highest BCUT2D eigenvalue weighted by Crippen LogP contribution is 2.23. The Hall–Kier alpha value is -1.52. The molecule has 1 unspecified atom stereocenters. The van der Waals surface area contributed by atoms with E-state index in [4.69, 9.17) is 27.4 Å². The minimum Gasteiger partial charge on any atom is -0.427 e. The Bertz CT molecular complexity index is 737. The second kappa shape index (κ2) is 11.0. The lowest BCUT2D eigenvalue weighted by Crippen LogP contribution is -2.35. The first kappa shape index (κ1) is 22.2. The van der Waals surface area contributed by atoms with Crippen molar-refractivity contribution in [1.82, 2.24) is 25.1 Å². The van der Waals surface area contributed by atoms with Gasteiger partial charge in [0.2, 0.25) is 0 Å². The highest BCUT2D eigenvalue weighted by molar-refractivity contribution is 6.40. The summed E-state index contributed by atoms with van der Waals surface area (Å²) in [4.78, 5) is 2.47. The molecule has 1 fully saturated rings. The summed E-state index contributed by atoms with van der Waals surface area (Å²) in [6.07, 6.45) is 4.85. The monoisotopic (exact) mass is 420 g/mol. The number of hydrogen-bond donors (Lipinski definition) is 3. The second-order valence-corrected chi connectivity index (χ2v) is 8.37. The van der Waals surface area contributed by atoms with Gasteiger partial charge >= 0.3 is 7.12 Å². The number of unbranched alkanes of at least 4 members (excludes halogenated alkanes) is 1. The topological polar surface area (TPSA) is 113 Å². The Morgan fingerprint density at radius 2 is 1.90 bits per heavy atom. The van der Waals surface area contributed by atoms with Crippen LogP contribution in [-0.2, 0) is 13.1 Å². The fourth-order valence-corrected chi connectivity index (χ4v) is 3.97. The molecule has 0 radical (unpaired) electrons. The molecule has 2 heterocycles. The molecule has 1 aromatic heterocycles. The lowest BCUT2D eigenvalue weighted by molar-refractivity contribution is 0.163. The number of likely N-dealkylation sites (tertiary alicyclic amines) is 1. The van der Waals surface area contributed by atoms with Crippen molar-refractivity contribution in [3.8, 4) is 0 Å². The van der Waals surface area contributed by atoms with E-state index in [0.717, 1.165) is 69.1 Å². The average Bonchev–Trinajstić information content (AvgIpc) is 3.16. The first-order valence-electron chi connectivity index (χ1n) is 10.4. The number of piperidine rings is 1. The summed E-state index contributed by atoms with van der Waals surface area (Å²) < 4.78 is 1.85. The van der Waals surface area contributed by atoms with E-state index in [0.29, 0.717) is 12.2 Å². The van der Waals surface area contributed by atoms with Crippen molar-refractivity contribution in [2.45, 2.75) is 57.6 Å². The predicted molar refractivity (Wildman–Crippen MR) is 113 cm³/mol. The summed E-state index contributed by atoms with van der Waals surface area (Å²) in [5.41, 5.74) is 7.56. The summed E-state index contributed by atoms with van der Waals surface area (Å²) >= 11 is 5.96. The van der Waals surface area contributed by atoms with E-state index < -0.39 is 7.12 Å². The Morgan fingerprint density at radius 3 is 2.59 bits per heavy atom. The largest absolute Gasteiger partial charge is 0.451 e. The molecule has 0 bridgehead atoms. The zero-order valence-electron chi connectivity index (χ0n) is 16.7. The maximum atomic E-state index is 8.92. The molecular weight excluding hydrogens is 391 g/mol. The molecule has 2 aromatic rings. The number of rotatable bonds is 10. The van der Waals surface area contributed by atoms with Crippen molar-refractivity contribution in [3.05, 3.63) is 40.7 Å². The SMILES string of the molecule is NC(CCCCB(O)O)c1nnnn1CC1CCN(Cc2ccc(Cl)cc2)CC1. The maximum Gasteiger partial charge on any atom is 0.451 e. The second-order valence-electron chi connectivity index (χ2n) is 7.94. The number of tetrazole rings is 1. The van der Waals surface area contributed by atoms with E-state index in [1.54, 1.807) is 0 Å². The van der Waals surface area contributed by atoms with Crippen LogP contribution in [0.3, 0.4) is 0 Å². The summed E-state index contributed by atoms with van der Waals surface area (Å²) in [6, 6.07) is 7.83. The van der Waals surface area contributed by atoms with Gasteiger partial charge in [-0.3, -0.25) is 4.90 Å². The number of hydrogen-bond acceptors (Lipinski definition) is 7. The van der Waals surface area contributed by atoms with Crippen LogP contribution in [0.5, 0.6) is 0 Å². The Kier molecular flexibility index (Phi) is 8.44. The molecule has 1 aliphatic heterocycles. The molecule has 1 saturated heterocycles. The highest BCUT2D eigenvalue weighted by atomic mass is 35.5. The van der Waals surface area contributed by atoms with Crippen molar-refractivity contribution < 1.29 is 10.0 Å². The number of benzene rings is 1. The molecule has 0 saturated carbocycles. The molecule has 0 aliphatic carbocycles. The van der Waals surface area contributed by atoms with E-state index >= 15 is 0 Å². The van der Waals surface area contributed by atoms with Gasteiger partial charge in [0, 0.05) is 18.1 Å². The van der Waals surface area contributed by atoms with E-state index in [2.05, 4.69) is 32.6 Å². The number of halogens is 1. The molecule has 0 amide bonds. The quantitative estimate of drug-likeness (QED) is 0.397. The van der Waals surface area contributed by atoms with Crippen LogP contribution in [0.4, 0.5) is 0 Å². The summed E-state index contributed by atoms with van der Waals surface area (Å²) in [5.74, 6) is 1.26. The van der Waals surface area contributed by atoms with Gasteiger partial charge in [-0.1, -0.05) is 36.6 Å². The number of aromatic nitrogens is 4. The van der Waals surface area contributed by atoms with Gasteiger partial charge in [0.25, 0.3) is 0 Å². The van der Waals surface area contributed by atoms with Gasteiger partial charge < -0.3 is 15.8 Å². The van der Waals surface area contributed by atoms with Crippen LogP contribution < -0.4 is 5.73 Å². The van der Waals surface area contributed by atoms with Crippen LogP contribution in [0.25, 0.3) is 0 Å². The van der Waals surface area contributed by atoms with Gasteiger partial charge in [-0.2, -0.15) is 0 Å². The van der Waals surface area contributed by atoms with Crippen molar-refractivity contribution >= 4 is 18.7 Å². The molecule has 1 atom stereocenters. The van der Waals surface area contributed by atoms with E-state index in [1.807, 2.05) is 16.8 Å². The predicted octanol–water partition coefficient (Wildman–Crippen LogP) is 1.88. The van der Waals surface area contributed by atoms with Crippen LogP contribution in [0, 0.1) is 5.92 Å². The van der Waals surface area contributed by atoms with Crippen molar-refractivity contribution in [1.29, 1.82) is 0 Å². The molecule has 10 heteroatoms. The highest BCUT2D eigenvalue weighted by Gasteiger charge is 2.23. The standard InChI is InChI=1S/C19H30BClN6O2/c21-17-6-4-15(5-7-17)13-26-11-8-16(9-12-26)14-27-19(23-24-25-27)18(22)3-1-2-10-20(28)29/h4-7,16,18,28-29H,1-3,8-14,22H2. The van der Waals surface area contributed by atoms with E-state index in [-0.39, 0.29) is 6.04 Å². The van der Waals surface area contributed by atoms with Crippen LogP contribution in [0.15, 0.2) is 24.3 Å². The molecule has 158 valence electrons. The molecule has 0 spiro atoms. The molecular formula is C19H30BClN6O2. The lowest BCUT2D eigenvalue weighted by Gasteiger charge is -2.32. The third kappa shape index (κ3) is 7.04. The van der Waals surface area contributed by atoms with Crippen LogP contribution in [0.1, 0.15) is 49.5 Å². The number of nitrogens with zero attached hydrogens (tertiary/aromatic N) is 5. The third-order valence-electron chi connectivity index (χ3n) is 5.58. The summed E-state index contributed by atoms with van der Waals surface area (Å²) in [7, 11) is -1.25. The van der Waals surface area contributed by atoms with Crippen molar-refractivity contribution in [3.63, 3.8) is 0 Å². The van der Waals surface area contributed by atoms with Gasteiger partial charge in [-0.25, -0.2) is 4.68 Å². The van der Waals surface area contributed by atoms with Gasteiger partial charge in [0.1, 0.15) is 0 Å². The first-order chi connectivity index (χ1) is 14.0. The van der Waals surface area contributed by atoms with Gasteiger partial charge in [0.15, 0.2) is 5.82 Å². The van der Waals surface area contributed by atoms with E-state index in [1.165, 1.54) is 5.56 Å². The first-order valence-corrected chi connectivity index (χ1v) is 10.7. The van der Waals surface area contributed by atoms with E-state index in [9.17, 15) is 0 Å². The molecule has 8 nitrogen and oxygen atoms in total. The number of nitrogens with two attached hydrogens (primary N) is 1. The van der Waals surface area contributed by atoms with Crippen LogP contribution >= 0.6 is 11.6 Å². The fraction of sp³-hybridized carbons (Fsp3) is 0.632. The minimum atomic E-state index is -1.25. The molecule has 29 heavy (non-hydrogen) atoms. The van der Waals surface area contributed by atoms with Crippen LogP contribution in [0.2, 0.25) is 11.3 Å². The Morgan fingerprint density at radius 1 is 1.17 bits per heavy atom. The maximum absolute atomic E-state index is 8.92. The van der Waals surface area contributed by atoms with Crippen molar-refractivity contribution in [2.75, 3.05) is 13.1 Å². The smallest absolute Gasteiger partial charge is 0.427 e. The zero-order chi connectivity index (χ0) is 20.6. The fourth-order valence-electron chi connectivity index (χ4n) is 3.85. The average molecular weight is 421 g/mol. The summed E-state index contributed by atoms with van der Waals surface area (Å²) in [6.45, 7) is 3.86. The third-order valence-corrected chi connectivity index (χ3v) is 5.83. The molecule has 1 aromatic carbocycles. The Balaban J connectivity index is 1.43. The van der Waals surface area contributed by atoms with Crippen molar-refractivity contribution in [2.24, 2.45) is 11.7 Å². The molecule has 1 aliphatic rings. The Labute approximate surface area is 177 Å². The van der Waals surface area contributed by atoms with Gasteiger partial charge in [-0.05, 0) is 72.7 Å². The summed E-state index contributed by atoms with van der Waals surface area (Å²) in [5, 5.41) is 30.7. The normalized spacial score (nSPS) is 16.8. The van der Waals surface area contributed by atoms with Gasteiger partial charge in [-0.15, -0.1) is 5.10 Å².